The van der Waals surface area contributed by atoms with Crippen molar-refractivity contribution in [3.8, 4) is 0 Å². The molecule has 1 heterocycles. The smallest absolute Gasteiger partial charge is 0.248 e. The number of alkyl halides is 3. The molecule has 0 N–H and O–H groups in total. The van der Waals surface area contributed by atoms with Crippen LogP contribution in [0.25, 0.3) is 6.08 Å². The van der Waals surface area contributed by atoms with E-state index in [1.807, 2.05) is 26.0 Å². The molecule has 5 heteroatoms. The van der Waals surface area contributed by atoms with Crippen molar-refractivity contribution in [1.29, 1.82) is 0 Å². The van der Waals surface area contributed by atoms with Crippen molar-refractivity contribution in [2.75, 3.05) is 0 Å². The zero-order valence-corrected chi connectivity index (χ0v) is 12.3. The van der Waals surface area contributed by atoms with Crippen molar-refractivity contribution >= 4 is 40.9 Å². The standard InChI is InChI=1S/C13H13Cl3O2/c1-3-4-9(2)5-6-11-7-10(17)8-12(18-11)13(14,15)16/h4-8H,3H2,1-2H3/b6-5+,9-4+. The Morgan fingerprint density at radius 2 is 2.06 bits per heavy atom. The summed E-state index contributed by atoms with van der Waals surface area (Å²) in [5, 5.41) is 0. The summed E-state index contributed by atoms with van der Waals surface area (Å²) in [6.07, 6.45) is 6.49. The lowest BCUT2D eigenvalue weighted by atomic mass is 10.2. The minimum Gasteiger partial charge on any atom is -0.457 e. The van der Waals surface area contributed by atoms with Gasteiger partial charge in [0.1, 0.15) is 5.76 Å². The third kappa shape index (κ3) is 4.89. The fourth-order valence-electron chi connectivity index (χ4n) is 1.32. The highest BCUT2D eigenvalue weighted by Gasteiger charge is 2.26. The molecule has 0 saturated carbocycles. The van der Waals surface area contributed by atoms with Gasteiger partial charge in [-0.15, -0.1) is 0 Å². The molecule has 1 aromatic rings. The second kappa shape index (κ2) is 6.46. The van der Waals surface area contributed by atoms with Gasteiger partial charge in [0.25, 0.3) is 0 Å². The number of rotatable bonds is 3. The van der Waals surface area contributed by atoms with Crippen molar-refractivity contribution in [2.24, 2.45) is 0 Å². The Bertz CT molecular complexity index is 522. The van der Waals surface area contributed by atoms with Crippen molar-refractivity contribution in [1.82, 2.24) is 0 Å². The van der Waals surface area contributed by atoms with Crippen LogP contribution in [0.3, 0.4) is 0 Å². The fraction of sp³-hybridized carbons (Fsp3) is 0.308. The first-order valence-electron chi connectivity index (χ1n) is 5.40. The van der Waals surface area contributed by atoms with E-state index in [1.165, 1.54) is 12.1 Å². The quantitative estimate of drug-likeness (QED) is 0.591. The lowest BCUT2D eigenvalue weighted by Gasteiger charge is -2.09. The van der Waals surface area contributed by atoms with Crippen molar-refractivity contribution in [3.63, 3.8) is 0 Å². The van der Waals surface area contributed by atoms with Gasteiger partial charge in [0.05, 0.1) is 0 Å². The number of allylic oxidation sites excluding steroid dienone is 3. The van der Waals surface area contributed by atoms with Gasteiger partial charge in [0.2, 0.25) is 3.79 Å². The minimum absolute atomic E-state index is 0.0109. The van der Waals surface area contributed by atoms with E-state index < -0.39 is 3.79 Å². The average molecular weight is 308 g/mol. The molecule has 0 amide bonds. The summed E-state index contributed by atoms with van der Waals surface area (Å²) in [5.41, 5.74) is 0.804. The van der Waals surface area contributed by atoms with Crippen molar-refractivity contribution < 1.29 is 4.42 Å². The van der Waals surface area contributed by atoms with Crippen LogP contribution in [0.2, 0.25) is 0 Å². The minimum atomic E-state index is -1.74. The molecule has 2 nitrogen and oxygen atoms in total. The molecule has 1 aromatic heterocycles. The Labute approximate surface area is 121 Å². The van der Waals surface area contributed by atoms with Crippen LogP contribution in [-0.2, 0) is 3.79 Å². The topological polar surface area (TPSA) is 30.2 Å². The third-order valence-electron chi connectivity index (χ3n) is 2.10. The molecule has 0 aliphatic heterocycles. The molecule has 0 aromatic carbocycles. The number of hydrogen-bond donors (Lipinski definition) is 0. The third-order valence-corrected chi connectivity index (χ3v) is 2.66. The van der Waals surface area contributed by atoms with E-state index in [0.717, 1.165) is 12.0 Å². The molecular formula is C13H13Cl3O2. The first kappa shape index (κ1) is 15.4. The second-order valence-electron chi connectivity index (χ2n) is 3.75. The largest absolute Gasteiger partial charge is 0.457 e. The predicted octanol–water partition coefficient (Wildman–Crippen LogP) is 4.84. The zero-order chi connectivity index (χ0) is 13.8. The zero-order valence-electron chi connectivity index (χ0n) is 10.0. The van der Waals surface area contributed by atoms with Crippen LogP contribution in [0, 0.1) is 0 Å². The first-order valence-corrected chi connectivity index (χ1v) is 6.53. The lowest BCUT2D eigenvalue weighted by molar-refractivity contribution is 0.489. The van der Waals surface area contributed by atoms with Gasteiger partial charge in [-0.25, -0.2) is 0 Å². The SMILES string of the molecule is CC/C=C(C)/C=C/c1cc(=O)cc(C(Cl)(Cl)Cl)o1. The van der Waals surface area contributed by atoms with E-state index in [4.69, 9.17) is 39.2 Å². The molecule has 98 valence electrons. The van der Waals surface area contributed by atoms with Crippen LogP contribution < -0.4 is 5.43 Å². The van der Waals surface area contributed by atoms with Crippen LogP contribution in [0.5, 0.6) is 0 Å². The molecule has 18 heavy (non-hydrogen) atoms. The monoisotopic (exact) mass is 306 g/mol. The van der Waals surface area contributed by atoms with Gasteiger partial charge in [-0.3, -0.25) is 4.79 Å². The van der Waals surface area contributed by atoms with E-state index in [2.05, 4.69) is 0 Å². The predicted molar refractivity (Wildman–Crippen MR) is 77.3 cm³/mol. The van der Waals surface area contributed by atoms with Gasteiger partial charge >= 0.3 is 0 Å². The maximum atomic E-state index is 11.4. The van der Waals surface area contributed by atoms with Crippen molar-refractivity contribution in [2.45, 2.75) is 24.1 Å². The van der Waals surface area contributed by atoms with E-state index in [1.54, 1.807) is 6.08 Å². The molecule has 0 spiro atoms. The summed E-state index contributed by atoms with van der Waals surface area (Å²) in [7, 11) is 0. The highest BCUT2D eigenvalue weighted by Crippen LogP contribution is 2.37. The molecule has 0 aliphatic carbocycles. The number of halogens is 3. The van der Waals surface area contributed by atoms with Crippen LogP contribution in [0.15, 0.2) is 39.1 Å². The molecule has 0 fully saturated rings. The van der Waals surface area contributed by atoms with E-state index in [0.29, 0.717) is 5.76 Å². The van der Waals surface area contributed by atoms with Gasteiger partial charge in [-0.1, -0.05) is 59.5 Å². The van der Waals surface area contributed by atoms with Gasteiger partial charge in [0.15, 0.2) is 11.2 Å². The van der Waals surface area contributed by atoms with Gasteiger partial charge in [0, 0.05) is 12.1 Å². The second-order valence-corrected chi connectivity index (χ2v) is 6.03. The van der Waals surface area contributed by atoms with Crippen LogP contribution in [0.1, 0.15) is 31.8 Å². The highest BCUT2D eigenvalue weighted by molar-refractivity contribution is 6.66. The van der Waals surface area contributed by atoms with E-state index in [9.17, 15) is 4.79 Å². The lowest BCUT2D eigenvalue weighted by Crippen LogP contribution is -2.07. The van der Waals surface area contributed by atoms with Crippen LogP contribution in [0.4, 0.5) is 0 Å². The van der Waals surface area contributed by atoms with Crippen molar-refractivity contribution in [3.05, 3.63) is 51.6 Å². The summed E-state index contributed by atoms with van der Waals surface area (Å²) >= 11 is 17.0. The van der Waals surface area contributed by atoms with Gasteiger partial charge in [-0.2, -0.15) is 0 Å². The molecule has 0 atom stereocenters. The number of hydrogen-bond acceptors (Lipinski definition) is 2. The Morgan fingerprint density at radius 1 is 1.39 bits per heavy atom. The Kier molecular flexibility index (Phi) is 5.51. The average Bonchev–Trinajstić information content (AvgIpc) is 2.25. The molecule has 0 unspecified atom stereocenters. The van der Waals surface area contributed by atoms with Crippen LogP contribution in [-0.4, -0.2) is 0 Å². The van der Waals surface area contributed by atoms with Gasteiger partial charge in [-0.05, 0) is 19.4 Å². The highest BCUT2D eigenvalue weighted by atomic mass is 35.6. The Balaban J connectivity index is 3.08. The fourth-order valence-corrected chi connectivity index (χ4v) is 1.60. The Hall–Kier alpha value is -0.700. The summed E-state index contributed by atoms with van der Waals surface area (Å²) < 4.78 is 3.60. The summed E-state index contributed by atoms with van der Waals surface area (Å²) in [6.45, 7) is 4.00. The maximum absolute atomic E-state index is 11.4. The summed E-state index contributed by atoms with van der Waals surface area (Å²) in [4.78, 5) is 11.4. The van der Waals surface area contributed by atoms with E-state index in [-0.39, 0.29) is 11.2 Å². The molecular weight excluding hydrogens is 294 g/mol. The molecule has 0 saturated heterocycles. The molecule has 0 radical (unpaired) electrons. The van der Waals surface area contributed by atoms with Crippen LogP contribution >= 0.6 is 34.8 Å². The summed E-state index contributed by atoms with van der Waals surface area (Å²) in [5.74, 6) is 0.365. The van der Waals surface area contributed by atoms with E-state index >= 15 is 0 Å². The first-order chi connectivity index (χ1) is 8.32. The normalized spacial score (nSPS) is 13.3. The molecule has 0 aliphatic rings. The molecule has 0 bridgehead atoms. The Morgan fingerprint density at radius 3 is 2.61 bits per heavy atom. The molecule has 1 rings (SSSR count). The summed E-state index contributed by atoms with van der Waals surface area (Å²) in [6, 6.07) is 2.51. The van der Waals surface area contributed by atoms with Gasteiger partial charge < -0.3 is 4.42 Å². The maximum Gasteiger partial charge on any atom is 0.248 e.